The van der Waals surface area contributed by atoms with Crippen LogP contribution in [0.15, 0.2) is 30.3 Å². The molecule has 0 radical (unpaired) electrons. The molecule has 3 heteroatoms. The van der Waals surface area contributed by atoms with E-state index in [-0.39, 0.29) is 0 Å². The largest absolute Gasteiger partial charge is 0.381 e. The van der Waals surface area contributed by atoms with Crippen LogP contribution in [0.1, 0.15) is 12.0 Å². The monoisotopic (exact) mass is 262 g/mol. The predicted molar refractivity (Wildman–Crippen MR) is 79.4 cm³/mol. The second kappa shape index (κ2) is 7.63. The average molecular weight is 262 g/mol. The van der Waals surface area contributed by atoms with Crippen LogP contribution in [0.4, 0.5) is 0 Å². The summed E-state index contributed by atoms with van der Waals surface area (Å²) in [5, 5.41) is 3.43. The molecule has 0 amide bonds. The first kappa shape index (κ1) is 14.5. The molecule has 106 valence electrons. The van der Waals surface area contributed by atoms with Gasteiger partial charge in [0, 0.05) is 31.7 Å². The summed E-state index contributed by atoms with van der Waals surface area (Å²) >= 11 is 0. The van der Waals surface area contributed by atoms with E-state index in [2.05, 4.69) is 54.6 Å². The van der Waals surface area contributed by atoms with Crippen molar-refractivity contribution in [2.45, 2.75) is 18.9 Å². The van der Waals surface area contributed by atoms with Crippen molar-refractivity contribution in [2.24, 2.45) is 5.92 Å². The molecule has 2 atom stereocenters. The van der Waals surface area contributed by atoms with Crippen LogP contribution < -0.4 is 5.32 Å². The molecular weight excluding hydrogens is 236 g/mol. The predicted octanol–water partition coefficient (Wildman–Crippen LogP) is 1.79. The molecule has 0 aliphatic carbocycles. The molecule has 3 nitrogen and oxygen atoms in total. The van der Waals surface area contributed by atoms with E-state index in [4.69, 9.17) is 4.74 Å². The van der Waals surface area contributed by atoms with E-state index in [0.717, 1.165) is 39.1 Å². The van der Waals surface area contributed by atoms with Crippen molar-refractivity contribution in [1.29, 1.82) is 0 Å². The number of rotatable bonds is 6. The highest BCUT2D eigenvalue weighted by atomic mass is 16.5. The van der Waals surface area contributed by atoms with Crippen LogP contribution in [0, 0.1) is 5.92 Å². The smallest absolute Gasteiger partial charge is 0.0521 e. The van der Waals surface area contributed by atoms with Crippen LogP contribution in [-0.4, -0.2) is 51.3 Å². The fourth-order valence-electron chi connectivity index (χ4n) is 2.81. The Balaban J connectivity index is 1.75. The van der Waals surface area contributed by atoms with Crippen molar-refractivity contribution in [3.63, 3.8) is 0 Å². The molecule has 2 rings (SSSR count). The Morgan fingerprint density at radius 3 is 2.84 bits per heavy atom. The van der Waals surface area contributed by atoms with Crippen LogP contribution in [0.3, 0.4) is 0 Å². The normalized spacial score (nSPS) is 23.7. The maximum Gasteiger partial charge on any atom is 0.0521 e. The summed E-state index contributed by atoms with van der Waals surface area (Å²) in [5.41, 5.74) is 1.42. The highest BCUT2D eigenvalue weighted by Gasteiger charge is 2.25. The number of benzene rings is 1. The molecule has 1 aromatic rings. The number of ether oxygens (including phenoxy) is 1. The number of nitrogens with zero attached hydrogens (tertiary/aromatic N) is 1. The summed E-state index contributed by atoms with van der Waals surface area (Å²) < 4.78 is 5.61. The molecule has 0 aromatic heterocycles. The third-order valence-corrected chi connectivity index (χ3v) is 4.02. The molecule has 19 heavy (non-hydrogen) atoms. The molecule has 2 unspecified atom stereocenters. The van der Waals surface area contributed by atoms with Gasteiger partial charge in [0.2, 0.25) is 0 Å². The molecule has 0 saturated carbocycles. The van der Waals surface area contributed by atoms with Gasteiger partial charge in [-0.05, 0) is 32.5 Å². The van der Waals surface area contributed by atoms with Crippen LogP contribution >= 0.6 is 0 Å². The Morgan fingerprint density at radius 2 is 2.11 bits per heavy atom. The molecule has 0 spiro atoms. The molecule has 1 N–H and O–H groups in total. The minimum Gasteiger partial charge on any atom is -0.381 e. The van der Waals surface area contributed by atoms with Gasteiger partial charge in [0.1, 0.15) is 0 Å². The number of hydrogen-bond donors (Lipinski definition) is 1. The number of hydrogen-bond acceptors (Lipinski definition) is 3. The second-order valence-corrected chi connectivity index (χ2v) is 5.52. The van der Waals surface area contributed by atoms with Gasteiger partial charge in [-0.15, -0.1) is 0 Å². The zero-order chi connectivity index (χ0) is 13.5. The molecule has 1 heterocycles. The molecular formula is C16H26N2O. The van der Waals surface area contributed by atoms with Gasteiger partial charge in [0.15, 0.2) is 0 Å². The van der Waals surface area contributed by atoms with Crippen LogP contribution in [0.2, 0.25) is 0 Å². The lowest BCUT2D eigenvalue weighted by atomic mass is 9.95. The van der Waals surface area contributed by atoms with E-state index >= 15 is 0 Å². The molecule has 0 bridgehead atoms. The van der Waals surface area contributed by atoms with Crippen LogP contribution in [0.5, 0.6) is 0 Å². The van der Waals surface area contributed by atoms with Crippen molar-refractivity contribution in [3.05, 3.63) is 35.9 Å². The van der Waals surface area contributed by atoms with Gasteiger partial charge in [0.05, 0.1) is 6.61 Å². The van der Waals surface area contributed by atoms with Crippen molar-refractivity contribution < 1.29 is 4.74 Å². The molecule has 1 aliphatic rings. The molecule has 1 saturated heterocycles. The van der Waals surface area contributed by atoms with Crippen molar-refractivity contribution >= 4 is 0 Å². The van der Waals surface area contributed by atoms with E-state index in [0.29, 0.717) is 12.0 Å². The summed E-state index contributed by atoms with van der Waals surface area (Å²) in [6.45, 7) is 4.01. The summed E-state index contributed by atoms with van der Waals surface area (Å²) in [4.78, 5) is 2.43. The van der Waals surface area contributed by atoms with Crippen molar-refractivity contribution in [2.75, 3.05) is 40.4 Å². The Hall–Kier alpha value is -0.900. The van der Waals surface area contributed by atoms with Gasteiger partial charge < -0.3 is 15.0 Å². The topological polar surface area (TPSA) is 24.5 Å². The SMILES string of the molecule is CNC1CCOCC1CN(C)CCc1ccccc1. The third-order valence-electron chi connectivity index (χ3n) is 4.02. The zero-order valence-corrected chi connectivity index (χ0v) is 12.1. The summed E-state index contributed by atoms with van der Waals surface area (Å²) in [6.07, 6.45) is 2.25. The molecule has 1 aromatic carbocycles. The first-order valence-corrected chi connectivity index (χ1v) is 7.27. The summed E-state index contributed by atoms with van der Waals surface area (Å²) in [5.74, 6) is 0.611. The van der Waals surface area contributed by atoms with Crippen molar-refractivity contribution in [1.82, 2.24) is 10.2 Å². The zero-order valence-electron chi connectivity index (χ0n) is 12.1. The second-order valence-electron chi connectivity index (χ2n) is 5.52. The summed E-state index contributed by atoms with van der Waals surface area (Å²) in [7, 11) is 4.28. The fraction of sp³-hybridized carbons (Fsp3) is 0.625. The van der Waals surface area contributed by atoms with E-state index in [1.54, 1.807) is 0 Å². The van der Waals surface area contributed by atoms with Gasteiger partial charge in [-0.1, -0.05) is 30.3 Å². The third kappa shape index (κ3) is 4.60. The van der Waals surface area contributed by atoms with E-state index < -0.39 is 0 Å². The highest BCUT2D eigenvalue weighted by molar-refractivity contribution is 5.14. The van der Waals surface area contributed by atoms with Gasteiger partial charge in [-0.3, -0.25) is 0 Å². The first-order valence-electron chi connectivity index (χ1n) is 7.27. The maximum atomic E-state index is 5.61. The fourth-order valence-corrected chi connectivity index (χ4v) is 2.81. The number of likely N-dealkylation sites (N-methyl/N-ethyl adjacent to an activating group) is 1. The molecule has 1 aliphatic heterocycles. The van der Waals surface area contributed by atoms with Crippen LogP contribution in [0.25, 0.3) is 0 Å². The lowest BCUT2D eigenvalue weighted by Gasteiger charge is -2.34. The van der Waals surface area contributed by atoms with Gasteiger partial charge >= 0.3 is 0 Å². The Bertz CT molecular complexity index is 355. The maximum absolute atomic E-state index is 5.61. The minimum atomic E-state index is 0.605. The Morgan fingerprint density at radius 1 is 1.32 bits per heavy atom. The van der Waals surface area contributed by atoms with E-state index in [1.807, 2.05) is 0 Å². The van der Waals surface area contributed by atoms with E-state index in [1.165, 1.54) is 5.56 Å². The van der Waals surface area contributed by atoms with Gasteiger partial charge in [-0.2, -0.15) is 0 Å². The summed E-state index contributed by atoms with van der Waals surface area (Å²) in [6, 6.07) is 11.3. The first-order chi connectivity index (χ1) is 9.29. The lowest BCUT2D eigenvalue weighted by molar-refractivity contribution is 0.0218. The average Bonchev–Trinajstić information content (AvgIpc) is 2.47. The number of nitrogens with one attached hydrogen (secondary N) is 1. The Labute approximate surface area is 116 Å². The van der Waals surface area contributed by atoms with Crippen LogP contribution in [-0.2, 0) is 11.2 Å². The molecule has 1 fully saturated rings. The Kier molecular flexibility index (Phi) is 5.83. The minimum absolute atomic E-state index is 0.605. The van der Waals surface area contributed by atoms with Crippen molar-refractivity contribution in [3.8, 4) is 0 Å². The van der Waals surface area contributed by atoms with E-state index in [9.17, 15) is 0 Å². The standard InChI is InChI=1S/C16H26N2O/c1-17-16-9-11-19-13-15(16)12-18(2)10-8-14-6-4-3-5-7-14/h3-7,15-17H,8-13H2,1-2H3. The highest BCUT2D eigenvalue weighted by Crippen LogP contribution is 2.15. The van der Waals surface area contributed by atoms with Gasteiger partial charge in [0.25, 0.3) is 0 Å². The quantitative estimate of drug-likeness (QED) is 0.846. The lowest BCUT2D eigenvalue weighted by Crippen LogP contribution is -2.46. The van der Waals surface area contributed by atoms with Gasteiger partial charge in [-0.25, -0.2) is 0 Å².